The van der Waals surface area contributed by atoms with E-state index in [2.05, 4.69) is 52.5 Å². The molecule has 2 aliphatic heterocycles. The van der Waals surface area contributed by atoms with E-state index in [1.165, 1.54) is 109 Å². The van der Waals surface area contributed by atoms with Crippen LogP contribution in [0.15, 0.2) is 34.1 Å². The Bertz CT molecular complexity index is 2150. The average Bonchev–Trinajstić information content (AvgIpc) is 3.33. The van der Waals surface area contributed by atoms with E-state index >= 15 is 0 Å². The van der Waals surface area contributed by atoms with Crippen molar-refractivity contribution >= 4 is 32.3 Å². The van der Waals surface area contributed by atoms with Crippen LogP contribution < -0.4 is 15.2 Å². The van der Waals surface area contributed by atoms with Crippen LogP contribution in [0.3, 0.4) is 0 Å². The maximum atomic E-state index is 13.2. The third kappa shape index (κ3) is 17.4. The number of ether oxygens (including phenoxy) is 3. The number of hydrogen-bond acceptors (Lipinski definition) is 14. The van der Waals surface area contributed by atoms with Gasteiger partial charge in [-0.1, -0.05) is 0 Å². The van der Waals surface area contributed by atoms with Crippen molar-refractivity contribution in [1.82, 2.24) is 28.2 Å². The highest BCUT2D eigenvalue weighted by Crippen LogP contribution is 2.33. The SMILES string of the molecule is CN(C)C1CCN(C2CCC(N)CC2)CC1.COc1cc(C)c(S(=O)(=O)N(C)CCC(=O)CC2CCC(N3CCC(N(C)C)CC3)CC2)c(C)c1.COc1cc(C)c(S(=O)(=O)N(C)CCOC=O)c(C)c1. The van der Waals surface area contributed by atoms with Gasteiger partial charge in [-0.2, -0.15) is 4.31 Å². The lowest BCUT2D eigenvalue weighted by Gasteiger charge is -2.42. The molecule has 0 amide bonds. The number of ketones is 1. The highest BCUT2D eigenvalue weighted by Gasteiger charge is 2.32. The Balaban J connectivity index is 0.000000256. The smallest absolute Gasteiger partial charge is 0.293 e. The third-order valence-corrected chi connectivity index (χ3v) is 19.9. The zero-order valence-electron chi connectivity index (χ0n) is 45.5. The van der Waals surface area contributed by atoms with Crippen LogP contribution in [0.25, 0.3) is 0 Å². The Hall–Kier alpha value is -3.20. The number of piperidine rings is 2. The molecule has 2 saturated heterocycles. The number of carbonyl (C=O) groups is 2. The number of hydrogen-bond donors (Lipinski definition) is 1. The minimum Gasteiger partial charge on any atom is -0.497 e. The first-order valence-corrected chi connectivity index (χ1v) is 28.8. The summed E-state index contributed by atoms with van der Waals surface area (Å²) < 4.78 is 68.8. The largest absolute Gasteiger partial charge is 0.497 e. The number of carbonyl (C=O) groups excluding carboxylic acids is 2. The zero-order chi connectivity index (χ0) is 52.6. The molecular formula is C53H91N7O9S2. The first-order chi connectivity index (χ1) is 33.5. The Morgan fingerprint density at radius 2 is 0.972 bits per heavy atom. The van der Waals surface area contributed by atoms with E-state index in [9.17, 15) is 26.4 Å². The summed E-state index contributed by atoms with van der Waals surface area (Å²) in [5.74, 6) is 1.87. The second-order valence-corrected chi connectivity index (χ2v) is 25.0. The predicted octanol–water partition coefficient (Wildman–Crippen LogP) is 6.25. The number of rotatable bonds is 19. The van der Waals surface area contributed by atoms with Gasteiger partial charge >= 0.3 is 0 Å². The van der Waals surface area contributed by atoms with Crippen molar-refractivity contribution in [3.8, 4) is 11.5 Å². The molecule has 0 unspecified atom stereocenters. The van der Waals surface area contributed by atoms with Crippen molar-refractivity contribution in [2.24, 2.45) is 11.7 Å². The molecule has 0 radical (unpaired) electrons. The van der Waals surface area contributed by atoms with Crippen LogP contribution >= 0.6 is 0 Å². The van der Waals surface area contributed by atoms with Crippen LogP contribution in [0.2, 0.25) is 0 Å². The van der Waals surface area contributed by atoms with Crippen LogP contribution in [0.5, 0.6) is 11.5 Å². The van der Waals surface area contributed by atoms with Gasteiger partial charge in [0.2, 0.25) is 20.0 Å². The molecule has 2 aromatic rings. The van der Waals surface area contributed by atoms with E-state index in [0.717, 1.165) is 29.2 Å². The fourth-order valence-electron chi connectivity index (χ4n) is 11.1. The summed E-state index contributed by atoms with van der Waals surface area (Å²) >= 11 is 0. The highest BCUT2D eigenvalue weighted by molar-refractivity contribution is 7.89. The van der Waals surface area contributed by atoms with Crippen LogP contribution in [-0.2, 0) is 34.4 Å². The van der Waals surface area contributed by atoms with Gasteiger partial charge in [-0.05, 0) is 212 Å². The Morgan fingerprint density at radius 1 is 0.606 bits per heavy atom. The third-order valence-electron chi connectivity index (χ3n) is 15.5. The first-order valence-electron chi connectivity index (χ1n) is 25.9. The molecule has 71 heavy (non-hydrogen) atoms. The fourth-order valence-corrected chi connectivity index (χ4v) is 14.2. The van der Waals surface area contributed by atoms with Crippen molar-refractivity contribution < 1.29 is 40.6 Å². The Morgan fingerprint density at radius 3 is 1.32 bits per heavy atom. The standard InChI is InChI=1S/C27H45N3O4S.C13H27N3.C13H19NO5S/c1-20-17-26(34-6)18-21(2)27(20)35(32,33)29(5)14-13-25(31)19-22-7-9-24(10-8-22)30-15-11-23(12-16-30)28(3)4;1-15(2)12-7-9-16(10-8-12)13-5-3-11(14)4-6-13;1-10-7-12(18-4)8-11(2)13(10)20(16,17)14(3)5-6-19-9-15/h17-18,22-24H,7-16,19H2,1-6H3;11-13H,3-10,14H2,1-2H3;7-9H,5-6H2,1-4H3. The zero-order valence-corrected chi connectivity index (χ0v) is 47.1. The van der Waals surface area contributed by atoms with Gasteiger partial charge in [0.1, 0.15) is 23.9 Å². The lowest BCUT2D eigenvalue weighted by molar-refractivity contribution is -0.128. The average molecular weight is 1030 g/mol. The summed E-state index contributed by atoms with van der Waals surface area (Å²) in [6.45, 7) is 12.6. The number of Topliss-reactive ketones (excluding diaryl/α,β-unsaturated/α-hetero) is 1. The number of aryl methyl sites for hydroxylation is 4. The Labute approximate surface area is 429 Å². The number of sulfonamides is 2. The molecule has 2 N–H and O–H groups in total. The molecule has 4 aliphatic rings. The second-order valence-electron chi connectivity index (χ2n) is 21.0. The van der Waals surface area contributed by atoms with E-state index in [4.69, 9.17) is 15.2 Å². The molecule has 0 atom stereocenters. The van der Waals surface area contributed by atoms with Crippen molar-refractivity contribution in [3.05, 3.63) is 46.5 Å². The quantitative estimate of drug-likeness (QED) is 0.123. The van der Waals surface area contributed by atoms with Gasteiger partial charge in [0.25, 0.3) is 6.47 Å². The maximum absolute atomic E-state index is 13.2. The number of nitrogens with two attached hydrogens (primary N) is 1. The summed E-state index contributed by atoms with van der Waals surface area (Å²) in [7, 11) is 7.60. The van der Waals surface area contributed by atoms with Crippen molar-refractivity contribution in [2.45, 2.75) is 158 Å². The van der Waals surface area contributed by atoms with Crippen molar-refractivity contribution in [3.63, 3.8) is 0 Å². The number of likely N-dealkylation sites (tertiary alicyclic amines) is 2. The predicted molar refractivity (Wildman–Crippen MR) is 283 cm³/mol. The van der Waals surface area contributed by atoms with E-state index < -0.39 is 20.0 Å². The molecule has 0 spiro atoms. The van der Waals surface area contributed by atoms with Gasteiger partial charge in [0.05, 0.1) is 24.0 Å². The van der Waals surface area contributed by atoms with Crippen LogP contribution in [0.4, 0.5) is 0 Å². The molecule has 0 bridgehead atoms. The lowest BCUT2D eigenvalue weighted by Crippen LogP contribution is -2.48. The molecular weight excluding hydrogens is 943 g/mol. The molecule has 18 heteroatoms. The number of nitrogens with zero attached hydrogens (tertiary/aromatic N) is 6. The van der Waals surface area contributed by atoms with Gasteiger partial charge in [0.15, 0.2) is 0 Å². The molecule has 2 saturated carbocycles. The van der Waals surface area contributed by atoms with E-state index in [1.807, 2.05) is 0 Å². The molecule has 16 nitrogen and oxygen atoms in total. The summed E-state index contributed by atoms with van der Waals surface area (Å²) in [5.41, 5.74) is 8.51. The van der Waals surface area contributed by atoms with Gasteiger partial charge in [-0.15, -0.1) is 0 Å². The van der Waals surface area contributed by atoms with Crippen LogP contribution in [0.1, 0.15) is 112 Å². The summed E-state index contributed by atoms with van der Waals surface area (Å²) in [6.07, 6.45) is 15.7. The van der Waals surface area contributed by atoms with Gasteiger partial charge in [0, 0.05) is 70.2 Å². The minimum absolute atomic E-state index is 0.0213. The highest BCUT2D eigenvalue weighted by atomic mass is 32.2. The molecule has 2 aromatic carbocycles. The molecule has 2 heterocycles. The van der Waals surface area contributed by atoms with E-state index in [0.29, 0.717) is 75.6 Å². The van der Waals surface area contributed by atoms with Crippen molar-refractivity contribution in [2.75, 3.05) is 102 Å². The summed E-state index contributed by atoms with van der Waals surface area (Å²) in [6, 6.07) is 10.3. The molecule has 2 aliphatic carbocycles. The lowest BCUT2D eigenvalue weighted by atomic mass is 9.81. The number of methoxy groups -OCH3 is 2. The van der Waals surface area contributed by atoms with Gasteiger partial charge in [-0.25, -0.2) is 21.1 Å². The fraction of sp³-hybridized carbons (Fsp3) is 0.736. The van der Waals surface area contributed by atoms with E-state index in [-0.39, 0.29) is 36.8 Å². The Kier molecular flexibility index (Phi) is 24.2. The van der Waals surface area contributed by atoms with Gasteiger partial charge in [-0.3, -0.25) is 9.59 Å². The molecule has 6 rings (SSSR count). The summed E-state index contributed by atoms with van der Waals surface area (Å²) in [4.78, 5) is 33.5. The van der Waals surface area contributed by atoms with Crippen LogP contribution in [-0.4, -0.2) is 190 Å². The molecule has 404 valence electrons. The summed E-state index contributed by atoms with van der Waals surface area (Å²) in [5, 5.41) is 0. The number of benzene rings is 2. The second kappa shape index (κ2) is 28.5. The number of likely N-dealkylation sites (N-methyl/N-ethyl adjacent to an activating group) is 1. The van der Waals surface area contributed by atoms with Crippen LogP contribution in [0, 0.1) is 33.6 Å². The van der Waals surface area contributed by atoms with Gasteiger partial charge < -0.3 is 39.5 Å². The maximum Gasteiger partial charge on any atom is 0.293 e. The molecule has 0 aromatic heterocycles. The monoisotopic (exact) mass is 1030 g/mol. The normalized spacial score (nSPS) is 22.2. The molecule has 4 fully saturated rings. The first kappa shape index (κ1) is 60.4. The minimum atomic E-state index is -3.67. The van der Waals surface area contributed by atoms with E-state index in [1.54, 1.807) is 66.1 Å². The topological polar surface area (TPSA) is 176 Å². The van der Waals surface area contributed by atoms with Crippen molar-refractivity contribution in [1.29, 1.82) is 0 Å².